The monoisotopic (exact) mass is 429 g/mol. The average molecular weight is 432 g/mol. The van der Waals surface area contributed by atoms with Crippen LogP contribution in [0.1, 0.15) is 5.56 Å². The smallest absolute Gasteiger partial charge is 0.323 e. The lowest BCUT2D eigenvalue weighted by Crippen LogP contribution is -2.01. The molecule has 108 valence electrons. The van der Waals surface area contributed by atoms with Crippen molar-refractivity contribution < 1.29 is 0 Å². The zero-order valence-electron chi connectivity index (χ0n) is 10.6. The van der Waals surface area contributed by atoms with Crippen LogP contribution in [0, 0.1) is 0 Å². The maximum absolute atomic E-state index is 11.3. The van der Waals surface area contributed by atoms with E-state index >= 15 is 0 Å². The molecule has 0 unspecified atom stereocenters. The van der Waals surface area contributed by atoms with Crippen LogP contribution in [0.4, 0.5) is 5.69 Å². The number of rotatable bonds is 3. The molecule has 0 amide bonds. The van der Waals surface area contributed by atoms with E-state index in [4.69, 9.17) is 11.6 Å². The van der Waals surface area contributed by atoms with Crippen LogP contribution in [0.3, 0.4) is 0 Å². The summed E-state index contributed by atoms with van der Waals surface area (Å²) in [4.78, 5) is 16.8. The van der Waals surface area contributed by atoms with E-state index in [0.717, 1.165) is 31.2 Å². The van der Waals surface area contributed by atoms with Gasteiger partial charge >= 0.3 is 5.69 Å². The second-order valence-electron chi connectivity index (χ2n) is 4.55. The van der Waals surface area contributed by atoms with Gasteiger partial charge in [-0.15, -0.1) is 0 Å². The zero-order valence-corrected chi connectivity index (χ0v) is 14.6. The minimum atomic E-state index is -0.218. The first-order valence-electron chi connectivity index (χ1n) is 6.12. The van der Waals surface area contributed by atoms with Gasteiger partial charge in [0, 0.05) is 20.5 Å². The third-order valence-corrected chi connectivity index (χ3v) is 4.60. The van der Waals surface area contributed by atoms with Crippen molar-refractivity contribution in [2.75, 3.05) is 5.32 Å². The first kappa shape index (κ1) is 14.7. The van der Waals surface area contributed by atoms with Crippen LogP contribution in [0.15, 0.2) is 44.1 Å². The van der Waals surface area contributed by atoms with Crippen LogP contribution in [-0.4, -0.2) is 9.97 Å². The Kier molecular flexibility index (Phi) is 4.10. The summed E-state index contributed by atoms with van der Waals surface area (Å²) in [6.07, 6.45) is 0. The molecule has 0 aliphatic rings. The molecule has 0 bridgehead atoms. The summed E-state index contributed by atoms with van der Waals surface area (Å²) >= 11 is 13.1. The van der Waals surface area contributed by atoms with Crippen LogP contribution in [-0.2, 0) is 6.54 Å². The summed E-state index contributed by atoms with van der Waals surface area (Å²) in [5, 5.41) is 4.02. The summed E-state index contributed by atoms with van der Waals surface area (Å²) < 4.78 is 1.85. The van der Waals surface area contributed by atoms with E-state index in [1.54, 1.807) is 0 Å². The topological polar surface area (TPSA) is 60.7 Å². The van der Waals surface area contributed by atoms with Crippen molar-refractivity contribution >= 4 is 60.2 Å². The van der Waals surface area contributed by atoms with E-state index < -0.39 is 0 Å². The average Bonchev–Trinajstić information content (AvgIpc) is 2.78. The number of imidazole rings is 1. The van der Waals surface area contributed by atoms with Crippen molar-refractivity contribution in [3.05, 3.63) is 60.3 Å². The molecule has 4 nitrogen and oxygen atoms in total. The maximum atomic E-state index is 11.3. The number of nitrogens with one attached hydrogen (secondary N) is 3. The zero-order chi connectivity index (χ0) is 15.0. The molecule has 21 heavy (non-hydrogen) atoms. The van der Waals surface area contributed by atoms with E-state index in [1.807, 2.05) is 30.3 Å². The second-order valence-corrected chi connectivity index (χ2v) is 6.72. The lowest BCUT2D eigenvalue weighted by molar-refractivity contribution is 1.14. The highest BCUT2D eigenvalue weighted by Gasteiger charge is 2.07. The maximum Gasteiger partial charge on any atom is 0.323 e. The normalized spacial score (nSPS) is 11.0. The summed E-state index contributed by atoms with van der Waals surface area (Å²) in [5.74, 6) is 0. The third-order valence-electron chi connectivity index (χ3n) is 3.08. The van der Waals surface area contributed by atoms with E-state index in [0.29, 0.717) is 11.6 Å². The number of anilines is 1. The fourth-order valence-corrected chi connectivity index (χ4v) is 3.14. The van der Waals surface area contributed by atoms with E-state index in [-0.39, 0.29) is 5.69 Å². The van der Waals surface area contributed by atoms with Gasteiger partial charge in [-0.1, -0.05) is 27.5 Å². The highest BCUT2D eigenvalue weighted by molar-refractivity contribution is 9.10. The van der Waals surface area contributed by atoms with Crippen molar-refractivity contribution in [1.82, 2.24) is 9.97 Å². The largest absolute Gasteiger partial charge is 0.380 e. The minimum Gasteiger partial charge on any atom is -0.380 e. The summed E-state index contributed by atoms with van der Waals surface area (Å²) in [6.45, 7) is 0.580. The molecule has 0 aliphatic heterocycles. The quantitative estimate of drug-likeness (QED) is 0.566. The standard InChI is InChI=1S/C14H10Br2ClN3O/c15-8-1-2-10(17)7(3-8)6-18-11-5-13-12(4-9(11)16)19-14(21)20-13/h1-5,18H,6H2,(H2,19,20,21). The fourth-order valence-electron chi connectivity index (χ4n) is 2.06. The van der Waals surface area contributed by atoms with Gasteiger partial charge in [-0.25, -0.2) is 4.79 Å². The van der Waals surface area contributed by atoms with Gasteiger partial charge in [0.2, 0.25) is 0 Å². The molecule has 0 radical (unpaired) electrons. The Morgan fingerprint density at radius 2 is 1.81 bits per heavy atom. The molecule has 3 aromatic rings. The predicted molar refractivity (Wildman–Crippen MR) is 93.1 cm³/mol. The van der Waals surface area contributed by atoms with Gasteiger partial charge in [0.05, 0.1) is 16.7 Å². The Balaban J connectivity index is 1.89. The lowest BCUT2D eigenvalue weighted by atomic mass is 10.2. The van der Waals surface area contributed by atoms with Gasteiger partial charge in [-0.3, -0.25) is 0 Å². The number of aromatic amines is 2. The van der Waals surface area contributed by atoms with E-state index in [2.05, 4.69) is 47.1 Å². The van der Waals surface area contributed by atoms with Crippen LogP contribution in [0.5, 0.6) is 0 Å². The highest BCUT2D eigenvalue weighted by atomic mass is 79.9. The molecule has 1 heterocycles. The SMILES string of the molecule is O=c1[nH]c2cc(Br)c(NCc3cc(Br)ccc3Cl)cc2[nH]1. The van der Waals surface area contributed by atoms with Gasteiger partial charge in [0.25, 0.3) is 0 Å². The molecule has 0 spiro atoms. The number of H-pyrrole nitrogens is 2. The number of benzene rings is 2. The van der Waals surface area contributed by atoms with Crippen molar-refractivity contribution in [1.29, 1.82) is 0 Å². The molecule has 1 aromatic heterocycles. The van der Waals surface area contributed by atoms with Crippen molar-refractivity contribution in [2.45, 2.75) is 6.54 Å². The van der Waals surface area contributed by atoms with Crippen LogP contribution < -0.4 is 11.0 Å². The molecule has 3 rings (SSSR count). The highest BCUT2D eigenvalue weighted by Crippen LogP contribution is 2.28. The lowest BCUT2D eigenvalue weighted by Gasteiger charge is -2.10. The van der Waals surface area contributed by atoms with Crippen LogP contribution in [0.25, 0.3) is 11.0 Å². The van der Waals surface area contributed by atoms with Gasteiger partial charge in [-0.2, -0.15) is 0 Å². The number of hydrogen-bond donors (Lipinski definition) is 3. The van der Waals surface area contributed by atoms with Crippen LogP contribution >= 0.6 is 43.5 Å². The Labute approximate surface area is 142 Å². The van der Waals surface area contributed by atoms with Gasteiger partial charge in [0.15, 0.2) is 0 Å². The first-order chi connectivity index (χ1) is 10.0. The van der Waals surface area contributed by atoms with Crippen LogP contribution in [0.2, 0.25) is 5.02 Å². The first-order valence-corrected chi connectivity index (χ1v) is 8.08. The second kappa shape index (κ2) is 5.87. The molecule has 0 saturated carbocycles. The Morgan fingerprint density at radius 3 is 2.57 bits per heavy atom. The van der Waals surface area contributed by atoms with Gasteiger partial charge in [0.1, 0.15) is 0 Å². The molecule has 0 saturated heterocycles. The Hall–Kier alpha value is -1.24. The number of fused-ring (bicyclic) bond motifs is 1. The third kappa shape index (κ3) is 3.17. The van der Waals surface area contributed by atoms with E-state index in [9.17, 15) is 4.79 Å². The van der Waals surface area contributed by atoms with Gasteiger partial charge < -0.3 is 15.3 Å². The molecule has 3 N–H and O–H groups in total. The van der Waals surface area contributed by atoms with Crippen molar-refractivity contribution in [3.8, 4) is 0 Å². The molecule has 0 aliphatic carbocycles. The van der Waals surface area contributed by atoms with Crippen molar-refractivity contribution in [2.24, 2.45) is 0 Å². The molecule has 0 fully saturated rings. The molecular weight excluding hydrogens is 421 g/mol. The summed E-state index contributed by atoms with van der Waals surface area (Å²) in [7, 11) is 0. The fraction of sp³-hybridized carbons (Fsp3) is 0.0714. The molecule has 7 heteroatoms. The molecular formula is C14H10Br2ClN3O. The number of hydrogen-bond acceptors (Lipinski definition) is 2. The number of aromatic nitrogens is 2. The van der Waals surface area contributed by atoms with E-state index in [1.165, 1.54) is 0 Å². The minimum absolute atomic E-state index is 0.218. The predicted octanol–water partition coefficient (Wildman–Crippen LogP) is 4.65. The molecule has 0 atom stereocenters. The Morgan fingerprint density at radius 1 is 1.10 bits per heavy atom. The summed E-state index contributed by atoms with van der Waals surface area (Å²) in [6, 6.07) is 9.46. The van der Waals surface area contributed by atoms with Crippen molar-refractivity contribution in [3.63, 3.8) is 0 Å². The Bertz CT molecular complexity index is 872. The molecule has 2 aromatic carbocycles. The summed E-state index contributed by atoms with van der Waals surface area (Å²) in [5.41, 5.74) is 3.17. The number of halogens is 3. The van der Waals surface area contributed by atoms with Gasteiger partial charge in [-0.05, 0) is 51.8 Å².